The molecule has 0 rings (SSSR count). The Morgan fingerprint density at radius 1 is 0.261 bits per heavy atom. The van der Waals surface area contributed by atoms with E-state index in [4.69, 9.17) is 0 Å². The monoisotopic (exact) mass is 719 g/mol. The van der Waals surface area contributed by atoms with E-state index in [9.17, 15) is 0 Å². The van der Waals surface area contributed by atoms with Crippen molar-refractivity contribution in [2.24, 2.45) is 0 Å². The SMILES string of the molecule is CCCCCCCC(P)(CCCCCC)P(C(P)(CCCCCC)CCCCCCC)C(P)(CCCCCC)CCCCCCC. The van der Waals surface area contributed by atoms with Crippen LogP contribution in [0, 0.1) is 0 Å². The summed E-state index contributed by atoms with van der Waals surface area (Å²) in [4.78, 5) is 1.21. The molecule has 6 atom stereocenters. The number of hydrogen-bond donors (Lipinski definition) is 0. The van der Waals surface area contributed by atoms with Gasteiger partial charge in [-0.2, -0.15) is 0 Å². The molecule has 0 heterocycles. The van der Waals surface area contributed by atoms with E-state index in [1.165, 1.54) is 212 Å². The smallest absolute Gasteiger partial charge is 0.00654 e. The highest BCUT2D eigenvalue weighted by Gasteiger charge is 2.53. The molecule has 0 aromatic rings. The Hall–Kier alpha value is 1.72. The summed E-state index contributed by atoms with van der Waals surface area (Å²) in [7, 11) is 11.0. The van der Waals surface area contributed by atoms with Crippen molar-refractivity contribution in [3.8, 4) is 0 Å². The summed E-state index contributed by atoms with van der Waals surface area (Å²) >= 11 is 0. The van der Waals surface area contributed by atoms with Gasteiger partial charge in [-0.1, -0.05) is 223 Å². The Labute approximate surface area is 302 Å². The third-order valence-corrected chi connectivity index (χ3v) is 18.9. The van der Waals surface area contributed by atoms with Gasteiger partial charge in [0.15, 0.2) is 0 Å². The lowest BCUT2D eigenvalue weighted by atomic mass is 10.0. The second-order valence-corrected chi connectivity index (χ2v) is 23.7. The summed E-state index contributed by atoms with van der Waals surface area (Å²) in [6.07, 6.45) is 46.8. The maximum Gasteiger partial charge on any atom is 0.00654 e. The van der Waals surface area contributed by atoms with E-state index in [0.29, 0.717) is 14.7 Å². The summed E-state index contributed by atoms with van der Waals surface area (Å²) in [6, 6.07) is 0. The van der Waals surface area contributed by atoms with E-state index in [2.05, 4.69) is 69.3 Å². The zero-order valence-electron chi connectivity index (χ0n) is 33.0. The van der Waals surface area contributed by atoms with E-state index in [1.54, 1.807) is 0 Å². The van der Waals surface area contributed by atoms with Crippen LogP contribution in [0.1, 0.15) is 253 Å². The van der Waals surface area contributed by atoms with Gasteiger partial charge in [0.05, 0.1) is 0 Å². The molecule has 0 N–H and O–H groups in total. The van der Waals surface area contributed by atoms with Crippen LogP contribution in [0.4, 0.5) is 0 Å². The van der Waals surface area contributed by atoms with Crippen LogP contribution >= 0.6 is 35.6 Å². The molecule has 0 spiro atoms. The fourth-order valence-electron chi connectivity index (χ4n) is 8.05. The largest absolute Gasteiger partial charge is 0.126 e. The summed E-state index contributed by atoms with van der Waals surface area (Å²) in [5.41, 5.74) is 0. The van der Waals surface area contributed by atoms with E-state index in [-0.39, 0.29) is 7.92 Å². The molecule has 0 bridgehead atoms. The lowest BCUT2D eigenvalue weighted by Gasteiger charge is -2.58. The molecule has 0 saturated heterocycles. The first kappa shape index (κ1) is 47.7. The Bertz CT molecular complexity index is 556. The molecule has 0 saturated carbocycles. The van der Waals surface area contributed by atoms with Gasteiger partial charge in [-0.15, -0.1) is 27.7 Å². The lowest BCUT2D eigenvalue weighted by Crippen LogP contribution is -2.40. The molecule has 0 aromatic carbocycles. The topological polar surface area (TPSA) is 0 Å². The predicted octanol–water partition coefficient (Wildman–Crippen LogP) is 17.2. The summed E-state index contributed by atoms with van der Waals surface area (Å²) in [5.74, 6) is 0. The minimum Gasteiger partial charge on any atom is -0.126 e. The molecule has 0 radical (unpaired) electrons. The van der Waals surface area contributed by atoms with Crippen LogP contribution < -0.4 is 0 Å². The standard InChI is InChI=1S/C42H90P4/c1-7-13-19-25-31-37-40(43,34-28-22-16-10-4)46(41(44,35-29-23-17-11-5)38-32-26-20-14-8-2)42(45,36-30-24-18-12-6)39-33-27-21-15-9-3/h7-39,43-45H2,1-6H3. The van der Waals surface area contributed by atoms with E-state index >= 15 is 0 Å². The van der Waals surface area contributed by atoms with Gasteiger partial charge in [0.25, 0.3) is 0 Å². The van der Waals surface area contributed by atoms with Gasteiger partial charge in [0.1, 0.15) is 0 Å². The van der Waals surface area contributed by atoms with Crippen molar-refractivity contribution in [2.45, 2.75) is 268 Å². The van der Waals surface area contributed by atoms with Crippen LogP contribution in [-0.4, -0.2) is 14.7 Å². The molecular weight excluding hydrogens is 628 g/mol. The molecule has 0 aromatic heterocycles. The summed E-state index contributed by atoms with van der Waals surface area (Å²) in [6.45, 7) is 14.3. The van der Waals surface area contributed by atoms with Crippen LogP contribution in [-0.2, 0) is 0 Å². The third kappa shape index (κ3) is 21.8. The Morgan fingerprint density at radius 2 is 0.413 bits per heavy atom. The van der Waals surface area contributed by atoms with Gasteiger partial charge in [-0.05, 0) is 38.5 Å². The van der Waals surface area contributed by atoms with Gasteiger partial charge >= 0.3 is 0 Å². The van der Waals surface area contributed by atoms with Crippen molar-refractivity contribution < 1.29 is 0 Å². The van der Waals surface area contributed by atoms with Crippen molar-refractivity contribution in [3.63, 3.8) is 0 Å². The van der Waals surface area contributed by atoms with Crippen LogP contribution in [0.15, 0.2) is 0 Å². The average molecular weight is 719 g/mol. The maximum absolute atomic E-state index is 3.75. The second-order valence-electron chi connectivity index (χ2n) is 15.6. The first-order valence-corrected chi connectivity index (χ1v) is 24.5. The summed E-state index contributed by atoms with van der Waals surface area (Å²) < 4.78 is 0. The number of rotatable bonds is 36. The highest BCUT2D eigenvalue weighted by molar-refractivity contribution is 7.78. The van der Waals surface area contributed by atoms with Crippen molar-refractivity contribution in [1.29, 1.82) is 0 Å². The van der Waals surface area contributed by atoms with Gasteiger partial charge in [0.2, 0.25) is 0 Å². The maximum atomic E-state index is 3.75. The first-order valence-electron chi connectivity index (χ1n) is 21.4. The normalized spacial score (nSPS) is 16.6. The number of unbranched alkanes of at least 4 members (excludes halogenated alkanes) is 21. The molecular formula is C42H90P4. The van der Waals surface area contributed by atoms with Crippen molar-refractivity contribution in [2.75, 3.05) is 0 Å². The number of hydrogen-bond acceptors (Lipinski definition) is 0. The minimum atomic E-state index is -0.244. The van der Waals surface area contributed by atoms with Gasteiger partial charge < -0.3 is 0 Å². The fourth-order valence-corrected chi connectivity index (χ4v) is 20.2. The highest BCUT2D eigenvalue weighted by atomic mass is 31.2. The molecule has 4 heteroatoms. The van der Waals surface area contributed by atoms with Gasteiger partial charge in [0, 0.05) is 14.7 Å². The third-order valence-electron chi connectivity index (χ3n) is 10.9. The van der Waals surface area contributed by atoms with Crippen LogP contribution in [0.2, 0.25) is 0 Å². The van der Waals surface area contributed by atoms with Crippen molar-refractivity contribution in [3.05, 3.63) is 0 Å². The van der Waals surface area contributed by atoms with Crippen molar-refractivity contribution >= 4 is 35.6 Å². The highest BCUT2D eigenvalue weighted by Crippen LogP contribution is 2.80. The predicted molar refractivity (Wildman–Crippen MR) is 231 cm³/mol. The summed E-state index contributed by atoms with van der Waals surface area (Å²) in [5, 5.41) is 0. The fraction of sp³-hybridized carbons (Fsp3) is 1.00. The first-order chi connectivity index (χ1) is 22.2. The molecule has 0 aliphatic rings. The lowest BCUT2D eigenvalue weighted by molar-refractivity contribution is 0.477. The average Bonchev–Trinajstić information content (AvgIpc) is 3.03. The molecule has 278 valence electrons. The van der Waals surface area contributed by atoms with E-state index in [0.717, 1.165) is 0 Å². The molecule has 0 amide bonds. The van der Waals surface area contributed by atoms with Gasteiger partial charge in [-0.3, -0.25) is 0 Å². The zero-order chi connectivity index (χ0) is 34.4. The van der Waals surface area contributed by atoms with E-state index < -0.39 is 0 Å². The molecule has 0 fully saturated rings. The van der Waals surface area contributed by atoms with Gasteiger partial charge in [-0.25, -0.2) is 0 Å². The zero-order valence-corrected chi connectivity index (χ0v) is 37.4. The molecule has 46 heavy (non-hydrogen) atoms. The van der Waals surface area contributed by atoms with E-state index in [1.807, 2.05) is 0 Å². The molecule has 0 nitrogen and oxygen atoms in total. The Morgan fingerprint density at radius 3 is 0.587 bits per heavy atom. The minimum absolute atomic E-state index is 0.244. The Kier molecular flexibility index (Phi) is 32.6. The van der Waals surface area contributed by atoms with Crippen LogP contribution in [0.25, 0.3) is 0 Å². The molecule has 6 unspecified atom stereocenters. The van der Waals surface area contributed by atoms with Crippen molar-refractivity contribution in [1.82, 2.24) is 0 Å². The quantitative estimate of drug-likeness (QED) is 0.0447. The Balaban J connectivity index is 6.85. The molecule has 0 aliphatic heterocycles. The van der Waals surface area contributed by atoms with Crippen LogP contribution in [0.5, 0.6) is 0 Å². The van der Waals surface area contributed by atoms with Crippen LogP contribution in [0.3, 0.4) is 0 Å². The molecule has 0 aliphatic carbocycles. The second kappa shape index (κ2) is 31.5.